The summed E-state index contributed by atoms with van der Waals surface area (Å²) in [6, 6.07) is 2.92. The molecule has 2 aliphatic carbocycles. The van der Waals surface area contributed by atoms with Crippen LogP contribution in [-0.4, -0.2) is 43.8 Å². The van der Waals surface area contributed by atoms with E-state index in [0.717, 1.165) is 49.9 Å². The Hall–Kier alpha value is -1.65. The minimum Gasteiger partial charge on any atom is -0.352 e. The highest BCUT2D eigenvalue weighted by molar-refractivity contribution is 7.89. The molecule has 1 aliphatic heterocycles. The number of fused-ring (bicyclic) bond motifs is 1. The molecule has 33 heavy (non-hydrogen) atoms. The van der Waals surface area contributed by atoms with E-state index in [2.05, 4.69) is 5.32 Å². The third-order valence-corrected chi connectivity index (χ3v) is 9.47. The number of benzene rings is 1. The molecule has 0 unspecified atom stereocenters. The summed E-state index contributed by atoms with van der Waals surface area (Å²) in [5.74, 6) is 0.427. The van der Waals surface area contributed by atoms with Gasteiger partial charge in [-0.1, -0.05) is 32.1 Å². The van der Waals surface area contributed by atoms with Crippen molar-refractivity contribution in [2.24, 2.45) is 23.5 Å². The molecule has 4 atom stereocenters. The lowest BCUT2D eigenvalue weighted by Crippen LogP contribution is -2.48. The summed E-state index contributed by atoms with van der Waals surface area (Å²) >= 11 is 0. The molecule has 1 amide bonds. The van der Waals surface area contributed by atoms with Crippen LogP contribution in [0.2, 0.25) is 0 Å². The summed E-state index contributed by atoms with van der Waals surface area (Å²) in [6.07, 6.45) is 3.60. The van der Waals surface area contributed by atoms with Crippen LogP contribution in [0.5, 0.6) is 0 Å². The van der Waals surface area contributed by atoms with Crippen LogP contribution in [-0.2, 0) is 21.0 Å². The van der Waals surface area contributed by atoms with Crippen molar-refractivity contribution in [3.05, 3.63) is 29.8 Å². The van der Waals surface area contributed by atoms with E-state index in [-0.39, 0.29) is 35.2 Å². The van der Waals surface area contributed by atoms with Gasteiger partial charge in [0.05, 0.1) is 16.5 Å². The highest BCUT2D eigenvalue weighted by Crippen LogP contribution is 2.40. The Bertz CT molecular complexity index is 946. The molecule has 3 N–H and O–H groups in total. The number of alkyl halides is 3. The second-order valence-corrected chi connectivity index (χ2v) is 11.7. The van der Waals surface area contributed by atoms with E-state index in [0.29, 0.717) is 18.9 Å². The zero-order chi connectivity index (χ0) is 23.8. The standard InChI is InChI=1S/C23H32F3N3O3S/c24-23(25,26)17-7-9-18(10-8-17)33(31,32)29-13-16-6-11-21(19(16)14-29)28-22(30)20(27)12-15-4-2-1-3-5-15/h7-10,15-16,19-21H,1-6,11-14,27H2,(H,28,30)/t16-,19+,20+,21+/m1/s1. The number of nitrogens with two attached hydrogens (primary N) is 1. The summed E-state index contributed by atoms with van der Waals surface area (Å²) in [7, 11) is -3.90. The van der Waals surface area contributed by atoms with E-state index in [1.165, 1.54) is 23.6 Å². The van der Waals surface area contributed by atoms with Crippen molar-refractivity contribution in [1.82, 2.24) is 9.62 Å². The highest BCUT2D eigenvalue weighted by atomic mass is 32.2. The summed E-state index contributed by atoms with van der Waals surface area (Å²) in [5, 5.41) is 3.07. The van der Waals surface area contributed by atoms with Crippen LogP contribution >= 0.6 is 0 Å². The van der Waals surface area contributed by atoms with Gasteiger partial charge in [0.2, 0.25) is 15.9 Å². The Morgan fingerprint density at radius 3 is 2.36 bits per heavy atom. The predicted octanol–water partition coefficient (Wildman–Crippen LogP) is 3.52. The van der Waals surface area contributed by atoms with Gasteiger partial charge >= 0.3 is 6.18 Å². The Morgan fingerprint density at radius 1 is 1.06 bits per heavy atom. The number of hydrogen-bond acceptors (Lipinski definition) is 4. The fraction of sp³-hybridized carbons (Fsp3) is 0.696. The van der Waals surface area contributed by atoms with Gasteiger partial charge in [0.1, 0.15) is 0 Å². The zero-order valence-corrected chi connectivity index (χ0v) is 19.4. The van der Waals surface area contributed by atoms with E-state index in [1.807, 2.05) is 0 Å². The van der Waals surface area contributed by atoms with Crippen molar-refractivity contribution in [2.75, 3.05) is 13.1 Å². The normalized spacial score (nSPS) is 27.9. The van der Waals surface area contributed by atoms with Gasteiger partial charge in [-0.05, 0) is 61.3 Å². The van der Waals surface area contributed by atoms with Crippen LogP contribution in [0.1, 0.15) is 56.9 Å². The highest BCUT2D eigenvalue weighted by Gasteiger charge is 2.47. The lowest BCUT2D eigenvalue weighted by Gasteiger charge is -2.26. The molecule has 184 valence electrons. The number of rotatable bonds is 6. The molecular weight excluding hydrogens is 455 g/mol. The van der Waals surface area contributed by atoms with Crippen molar-refractivity contribution in [1.29, 1.82) is 0 Å². The van der Waals surface area contributed by atoms with Crippen LogP contribution in [0.25, 0.3) is 0 Å². The Balaban J connectivity index is 1.36. The zero-order valence-electron chi connectivity index (χ0n) is 18.6. The molecule has 3 fully saturated rings. The van der Waals surface area contributed by atoms with Gasteiger partial charge in [0.25, 0.3) is 0 Å². The molecule has 6 nitrogen and oxygen atoms in total. The summed E-state index contributed by atoms with van der Waals surface area (Å²) < 4.78 is 65.8. The molecule has 1 aromatic carbocycles. The van der Waals surface area contributed by atoms with E-state index >= 15 is 0 Å². The second kappa shape index (κ2) is 9.54. The molecule has 1 heterocycles. The van der Waals surface area contributed by atoms with Crippen LogP contribution in [0.15, 0.2) is 29.2 Å². The molecule has 2 saturated carbocycles. The maximum absolute atomic E-state index is 13.0. The average molecular weight is 488 g/mol. The number of nitrogens with zero attached hydrogens (tertiary/aromatic N) is 1. The molecule has 1 saturated heterocycles. The van der Waals surface area contributed by atoms with Crippen molar-refractivity contribution >= 4 is 15.9 Å². The molecule has 0 radical (unpaired) electrons. The first-order valence-electron chi connectivity index (χ1n) is 11.8. The SMILES string of the molecule is N[C@@H](CC1CCCCC1)C(=O)N[C@H]1CC[C@@H]2CN(S(=O)(=O)c3ccc(C(F)(F)F)cc3)C[C@@H]21. The average Bonchev–Trinajstić information content (AvgIpc) is 3.36. The molecule has 0 spiro atoms. The number of carbonyl (C=O) groups is 1. The maximum Gasteiger partial charge on any atom is 0.416 e. The molecule has 3 aliphatic rings. The van der Waals surface area contributed by atoms with E-state index < -0.39 is 27.8 Å². The number of carbonyl (C=O) groups excluding carboxylic acids is 1. The largest absolute Gasteiger partial charge is 0.416 e. The van der Waals surface area contributed by atoms with Crippen molar-refractivity contribution in [3.63, 3.8) is 0 Å². The first-order valence-corrected chi connectivity index (χ1v) is 13.2. The number of halogens is 3. The van der Waals surface area contributed by atoms with Crippen molar-refractivity contribution in [3.8, 4) is 0 Å². The van der Waals surface area contributed by atoms with Crippen molar-refractivity contribution < 1.29 is 26.4 Å². The van der Waals surface area contributed by atoms with Gasteiger partial charge < -0.3 is 11.1 Å². The Labute approximate surface area is 193 Å². The van der Waals surface area contributed by atoms with Gasteiger partial charge in [0.15, 0.2) is 0 Å². The monoisotopic (exact) mass is 487 g/mol. The lowest BCUT2D eigenvalue weighted by molar-refractivity contribution is -0.137. The van der Waals surface area contributed by atoms with E-state index in [1.54, 1.807) is 0 Å². The third kappa shape index (κ3) is 5.38. The van der Waals surface area contributed by atoms with Gasteiger partial charge in [-0.15, -0.1) is 0 Å². The number of sulfonamides is 1. The molecule has 4 rings (SSSR count). The summed E-state index contributed by atoms with van der Waals surface area (Å²) in [5.41, 5.74) is 5.30. The topological polar surface area (TPSA) is 92.5 Å². The maximum atomic E-state index is 13.0. The van der Waals surface area contributed by atoms with Crippen LogP contribution in [0, 0.1) is 17.8 Å². The fourth-order valence-electron chi connectivity index (χ4n) is 5.74. The minimum atomic E-state index is -4.52. The Kier molecular flexibility index (Phi) is 7.08. The molecule has 0 bridgehead atoms. The van der Waals surface area contributed by atoms with Gasteiger partial charge in [-0.3, -0.25) is 4.79 Å². The van der Waals surface area contributed by atoms with Gasteiger partial charge in [0, 0.05) is 19.1 Å². The Morgan fingerprint density at radius 2 is 1.73 bits per heavy atom. The third-order valence-electron chi connectivity index (χ3n) is 7.62. The van der Waals surface area contributed by atoms with Gasteiger partial charge in [-0.2, -0.15) is 17.5 Å². The quantitative estimate of drug-likeness (QED) is 0.642. The summed E-state index contributed by atoms with van der Waals surface area (Å²) in [4.78, 5) is 12.6. The number of nitrogens with one attached hydrogen (secondary N) is 1. The van der Waals surface area contributed by atoms with E-state index in [9.17, 15) is 26.4 Å². The molecule has 10 heteroatoms. The second-order valence-electron chi connectivity index (χ2n) is 9.81. The van der Waals surface area contributed by atoms with Gasteiger partial charge in [-0.25, -0.2) is 8.42 Å². The smallest absolute Gasteiger partial charge is 0.352 e. The summed E-state index contributed by atoms with van der Waals surface area (Å²) in [6.45, 7) is 0.561. The lowest BCUT2D eigenvalue weighted by atomic mass is 9.85. The van der Waals surface area contributed by atoms with Crippen LogP contribution in [0.4, 0.5) is 13.2 Å². The molecule has 1 aromatic rings. The van der Waals surface area contributed by atoms with Crippen LogP contribution in [0.3, 0.4) is 0 Å². The van der Waals surface area contributed by atoms with Crippen molar-refractivity contribution in [2.45, 2.75) is 74.5 Å². The number of amides is 1. The predicted molar refractivity (Wildman–Crippen MR) is 118 cm³/mol. The first kappa shape index (κ1) is 24.5. The minimum absolute atomic E-state index is 0.0138. The van der Waals surface area contributed by atoms with Crippen LogP contribution < -0.4 is 11.1 Å². The van der Waals surface area contributed by atoms with E-state index in [4.69, 9.17) is 5.73 Å². The fourth-order valence-corrected chi connectivity index (χ4v) is 7.28. The number of hydrogen-bond donors (Lipinski definition) is 2. The first-order chi connectivity index (χ1) is 15.6. The molecule has 0 aromatic heterocycles. The molecular formula is C23H32F3N3O3S.